The minimum absolute atomic E-state index is 0.755. The molecule has 0 bridgehead atoms. The van der Waals surface area contributed by atoms with Crippen molar-refractivity contribution < 1.29 is 0 Å². The van der Waals surface area contributed by atoms with Crippen LogP contribution in [0.5, 0.6) is 0 Å². The molecule has 0 radical (unpaired) electrons. The van der Waals surface area contributed by atoms with Gasteiger partial charge in [0, 0.05) is 19.1 Å². The molecule has 1 aromatic rings. The topological polar surface area (TPSA) is 15.3 Å². The van der Waals surface area contributed by atoms with Crippen molar-refractivity contribution in [1.82, 2.24) is 10.2 Å². The Hall–Kier alpha value is -0.860. The van der Waals surface area contributed by atoms with Gasteiger partial charge in [-0.1, -0.05) is 30.3 Å². The molecule has 1 aliphatic carbocycles. The molecule has 1 heterocycles. The Bertz CT molecular complexity index is 393. The summed E-state index contributed by atoms with van der Waals surface area (Å²) in [6.45, 7) is 7.28. The van der Waals surface area contributed by atoms with Crippen molar-refractivity contribution in [3.05, 3.63) is 35.9 Å². The van der Waals surface area contributed by atoms with Crippen LogP contribution in [0.25, 0.3) is 0 Å². The summed E-state index contributed by atoms with van der Waals surface area (Å²) in [6.07, 6.45) is 5.59. The van der Waals surface area contributed by atoms with Gasteiger partial charge in [-0.3, -0.25) is 4.90 Å². The molecule has 110 valence electrons. The summed E-state index contributed by atoms with van der Waals surface area (Å²) in [4.78, 5) is 2.75. The SMILES string of the molecule is CC(C1CC1)N(Cc1ccccc1)CC1CCNCC1. The maximum absolute atomic E-state index is 3.48. The largest absolute Gasteiger partial charge is 0.317 e. The normalized spacial score (nSPS) is 22.1. The third kappa shape index (κ3) is 3.83. The van der Waals surface area contributed by atoms with Crippen molar-refractivity contribution in [3.63, 3.8) is 0 Å². The second-order valence-corrected chi connectivity index (χ2v) is 6.69. The first-order valence-corrected chi connectivity index (χ1v) is 8.31. The van der Waals surface area contributed by atoms with Crippen LogP contribution in [0.4, 0.5) is 0 Å². The highest BCUT2D eigenvalue weighted by Gasteiger charge is 2.33. The molecule has 2 heteroatoms. The van der Waals surface area contributed by atoms with Gasteiger partial charge in [0.2, 0.25) is 0 Å². The fraction of sp³-hybridized carbons (Fsp3) is 0.667. The van der Waals surface area contributed by atoms with E-state index in [1.54, 1.807) is 0 Å². The van der Waals surface area contributed by atoms with Gasteiger partial charge < -0.3 is 5.32 Å². The number of rotatable bonds is 6. The van der Waals surface area contributed by atoms with E-state index >= 15 is 0 Å². The number of nitrogens with zero attached hydrogens (tertiary/aromatic N) is 1. The van der Waals surface area contributed by atoms with E-state index in [4.69, 9.17) is 0 Å². The monoisotopic (exact) mass is 272 g/mol. The average molecular weight is 272 g/mol. The summed E-state index contributed by atoms with van der Waals surface area (Å²) in [5.41, 5.74) is 1.47. The summed E-state index contributed by atoms with van der Waals surface area (Å²) in [6, 6.07) is 11.7. The maximum atomic E-state index is 3.48. The number of hydrogen-bond acceptors (Lipinski definition) is 2. The minimum atomic E-state index is 0.755. The first kappa shape index (κ1) is 14.1. The summed E-state index contributed by atoms with van der Waals surface area (Å²) in [7, 11) is 0. The van der Waals surface area contributed by atoms with E-state index in [9.17, 15) is 0 Å². The fourth-order valence-electron chi connectivity index (χ4n) is 3.47. The molecule has 2 nitrogen and oxygen atoms in total. The second-order valence-electron chi connectivity index (χ2n) is 6.69. The Balaban J connectivity index is 1.63. The van der Waals surface area contributed by atoms with Crippen molar-refractivity contribution in [2.45, 2.75) is 45.2 Å². The van der Waals surface area contributed by atoms with E-state index in [2.05, 4.69) is 47.5 Å². The number of benzene rings is 1. The smallest absolute Gasteiger partial charge is 0.0236 e. The molecular weight excluding hydrogens is 244 g/mol. The summed E-state index contributed by atoms with van der Waals surface area (Å²) < 4.78 is 0. The predicted molar refractivity (Wildman–Crippen MR) is 84.6 cm³/mol. The van der Waals surface area contributed by atoms with Crippen LogP contribution in [0.1, 0.15) is 38.2 Å². The molecule has 3 rings (SSSR count). The zero-order valence-corrected chi connectivity index (χ0v) is 12.7. The van der Waals surface area contributed by atoms with Crippen LogP contribution in [0.3, 0.4) is 0 Å². The average Bonchev–Trinajstić information content (AvgIpc) is 3.33. The Kier molecular flexibility index (Phi) is 4.74. The number of hydrogen-bond donors (Lipinski definition) is 1. The first-order valence-electron chi connectivity index (χ1n) is 8.31. The van der Waals surface area contributed by atoms with Crippen LogP contribution < -0.4 is 5.32 Å². The van der Waals surface area contributed by atoms with E-state index in [0.29, 0.717) is 0 Å². The van der Waals surface area contributed by atoms with Crippen LogP contribution >= 0.6 is 0 Å². The lowest BCUT2D eigenvalue weighted by Crippen LogP contribution is -2.41. The van der Waals surface area contributed by atoms with Gasteiger partial charge in [-0.15, -0.1) is 0 Å². The molecule has 1 saturated carbocycles. The molecule has 0 aromatic heterocycles. The van der Waals surface area contributed by atoms with Crippen LogP contribution in [0, 0.1) is 11.8 Å². The molecule has 0 spiro atoms. The van der Waals surface area contributed by atoms with Gasteiger partial charge in [0.1, 0.15) is 0 Å². The standard InChI is InChI=1S/C18H28N2/c1-15(18-7-8-18)20(13-16-5-3-2-4-6-16)14-17-9-11-19-12-10-17/h2-6,15,17-19H,7-14H2,1H3. The highest BCUT2D eigenvalue weighted by Crippen LogP contribution is 2.36. The van der Waals surface area contributed by atoms with E-state index in [1.807, 2.05) is 0 Å². The Morgan fingerprint density at radius 3 is 2.45 bits per heavy atom. The van der Waals surface area contributed by atoms with E-state index < -0.39 is 0 Å². The first-order chi connectivity index (χ1) is 9.83. The third-order valence-corrected chi connectivity index (χ3v) is 5.06. The quantitative estimate of drug-likeness (QED) is 0.855. The lowest BCUT2D eigenvalue weighted by molar-refractivity contribution is 0.139. The van der Waals surface area contributed by atoms with Crippen LogP contribution in [0.15, 0.2) is 30.3 Å². The maximum Gasteiger partial charge on any atom is 0.0236 e. The van der Waals surface area contributed by atoms with Crippen molar-refractivity contribution in [2.24, 2.45) is 11.8 Å². The molecule has 1 saturated heterocycles. The van der Waals surface area contributed by atoms with Crippen molar-refractivity contribution >= 4 is 0 Å². The van der Waals surface area contributed by atoms with Gasteiger partial charge >= 0.3 is 0 Å². The molecule has 1 unspecified atom stereocenters. The molecule has 1 N–H and O–H groups in total. The van der Waals surface area contributed by atoms with Gasteiger partial charge in [-0.25, -0.2) is 0 Å². The lowest BCUT2D eigenvalue weighted by Gasteiger charge is -2.34. The highest BCUT2D eigenvalue weighted by molar-refractivity contribution is 5.14. The second kappa shape index (κ2) is 6.73. The molecule has 1 atom stereocenters. The van der Waals surface area contributed by atoms with Crippen LogP contribution in [0.2, 0.25) is 0 Å². The zero-order chi connectivity index (χ0) is 13.8. The molecule has 20 heavy (non-hydrogen) atoms. The molecule has 2 aliphatic rings. The summed E-state index contributed by atoms with van der Waals surface area (Å²) >= 11 is 0. The molecule has 1 aromatic carbocycles. The van der Waals surface area contributed by atoms with Gasteiger partial charge in [-0.2, -0.15) is 0 Å². The van der Waals surface area contributed by atoms with E-state index in [1.165, 1.54) is 50.9 Å². The third-order valence-electron chi connectivity index (χ3n) is 5.06. The van der Waals surface area contributed by atoms with Crippen LogP contribution in [-0.2, 0) is 6.54 Å². The summed E-state index contributed by atoms with van der Waals surface area (Å²) in [5.74, 6) is 1.85. The number of nitrogens with one attached hydrogen (secondary N) is 1. The minimum Gasteiger partial charge on any atom is -0.317 e. The van der Waals surface area contributed by atoms with Crippen LogP contribution in [-0.4, -0.2) is 30.6 Å². The van der Waals surface area contributed by atoms with Crippen molar-refractivity contribution in [3.8, 4) is 0 Å². The van der Waals surface area contributed by atoms with Gasteiger partial charge in [0.05, 0.1) is 0 Å². The van der Waals surface area contributed by atoms with Crippen molar-refractivity contribution in [1.29, 1.82) is 0 Å². The molecule has 0 amide bonds. The Labute approximate surface area is 123 Å². The highest BCUT2D eigenvalue weighted by atomic mass is 15.2. The molecule has 1 aliphatic heterocycles. The van der Waals surface area contributed by atoms with Crippen molar-refractivity contribution in [2.75, 3.05) is 19.6 Å². The van der Waals surface area contributed by atoms with Gasteiger partial charge in [-0.05, 0) is 63.1 Å². The zero-order valence-electron chi connectivity index (χ0n) is 12.7. The van der Waals surface area contributed by atoms with E-state index in [0.717, 1.165) is 24.4 Å². The number of piperidine rings is 1. The Morgan fingerprint density at radius 1 is 1.10 bits per heavy atom. The Morgan fingerprint density at radius 2 is 1.80 bits per heavy atom. The predicted octanol–water partition coefficient (Wildman–Crippen LogP) is 3.29. The molecule has 2 fully saturated rings. The summed E-state index contributed by atoms with van der Waals surface area (Å²) in [5, 5.41) is 3.48. The van der Waals surface area contributed by atoms with Gasteiger partial charge in [0.15, 0.2) is 0 Å². The fourth-order valence-corrected chi connectivity index (χ4v) is 3.47. The molecular formula is C18H28N2. The van der Waals surface area contributed by atoms with Gasteiger partial charge in [0.25, 0.3) is 0 Å². The van der Waals surface area contributed by atoms with E-state index in [-0.39, 0.29) is 0 Å². The lowest BCUT2D eigenvalue weighted by atomic mass is 9.96.